The van der Waals surface area contributed by atoms with Crippen molar-refractivity contribution in [3.63, 3.8) is 0 Å². The first-order valence-electron chi connectivity index (χ1n) is 3.62. The Morgan fingerprint density at radius 1 is 1.79 bits per heavy atom. The molecule has 0 saturated heterocycles. The molecule has 0 unspecified atom stereocenters. The van der Waals surface area contributed by atoms with Crippen LogP contribution in [0.4, 0.5) is 0 Å². The Morgan fingerprint density at radius 3 is 3.00 bits per heavy atom. The smallest absolute Gasteiger partial charge is 0.380 e. The van der Waals surface area contributed by atoms with Gasteiger partial charge in [-0.05, 0) is 18.7 Å². The molecule has 0 bridgehead atoms. The van der Waals surface area contributed by atoms with Crippen molar-refractivity contribution < 1.29 is 13.9 Å². The Labute approximate surface area is 98.0 Å². The molecule has 0 amide bonds. The van der Waals surface area contributed by atoms with Crippen molar-refractivity contribution in [1.82, 2.24) is 4.31 Å². The molecule has 1 aromatic heterocycles. The summed E-state index contributed by atoms with van der Waals surface area (Å²) in [5.74, 6) is -0.110. The van der Waals surface area contributed by atoms with Gasteiger partial charge in [0.05, 0.1) is 6.26 Å². The molecule has 14 heavy (non-hydrogen) atoms. The zero-order valence-electron chi connectivity index (χ0n) is 7.40. The molecule has 0 spiro atoms. The molecule has 0 aliphatic rings. The van der Waals surface area contributed by atoms with Crippen LogP contribution >= 0.6 is 30.3 Å². The minimum absolute atomic E-state index is 0.165. The fourth-order valence-electron chi connectivity index (χ4n) is 0.655. The number of furan rings is 1. The zero-order chi connectivity index (χ0) is 10.6. The monoisotopic (exact) mass is 325 g/mol. The Balaban J connectivity index is 2.54. The van der Waals surface area contributed by atoms with Gasteiger partial charge in [-0.25, -0.2) is 4.79 Å². The third-order valence-electron chi connectivity index (χ3n) is 1.39. The first-order valence-corrected chi connectivity index (χ1v) is 6.93. The van der Waals surface area contributed by atoms with Gasteiger partial charge in [0.1, 0.15) is 0 Å². The average molecular weight is 325 g/mol. The molecule has 1 rings (SSSR count). The molecular weight excluding hydrogens is 317 g/mol. The molecule has 0 saturated carbocycles. The molecule has 0 aromatic carbocycles. The van der Waals surface area contributed by atoms with Gasteiger partial charge < -0.3 is 9.15 Å². The molecule has 1 heterocycles. The van der Waals surface area contributed by atoms with Crippen LogP contribution in [0.1, 0.15) is 10.6 Å². The summed E-state index contributed by atoms with van der Waals surface area (Å²) in [6.45, 7) is 3.59. The number of halogens is 1. The van der Waals surface area contributed by atoms with Gasteiger partial charge in [0, 0.05) is 37.4 Å². The van der Waals surface area contributed by atoms with Crippen LogP contribution in [-0.2, 0) is 4.74 Å². The standard InChI is InChI=1S/C8H8INO3S/c1-6(10(2)14-9)13-8(11)7-4-3-5-12-7/h3-5H,1H2,2H3. The number of carbonyl (C=O) groups is 1. The number of hydrogen-bond acceptors (Lipinski definition) is 5. The van der Waals surface area contributed by atoms with Crippen LogP contribution in [-0.4, -0.2) is 17.3 Å². The molecule has 1 aromatic rings. The van der Waals surface area contributed by atoms with Crippen molar-refractivity contribution in [2.24, 2.45) is 0 Å². The highest BCUT2D eigenvalue weighted by Crippen LogP contribution is 2.21. The van der Waals surface area contributed by atoms with Gasteiger partial charge in [0.2, 0.25) is 11.6 Å². The van der Waals surface area contributed by atoms with Crippen LogP contribution in [0, 0.1) is 0 Å². The topological polar surface area (TPSA) is 42.7 Å². The predicted molar refractivity (Wildman–Crippen MR) is 62.6 cm³/mol. The fraction of sp³-hybridized carbons (Fsp3) is 0.125. The summed E-state index contributed by atoms with van der Waals surface area (Å²) >= 11 is 2.06. The number of ether oxygens (including phenoxy) is 1. The highest BCUT2D eigenvalue weighted by molar-refractivity contribution is 14.2. The molecule has 0 N–H and O–H groups in total. The number of esters is 1. The van der Waals surface area contributed by atoms with Gasteiger partial charge in [0.25, 0.3) is 0 Å². The Hall–Kier alpha value is -0.630. The molecule has 0 radical (unpaired) electrons. The van der Waals surface area contributed by atoms with Crippen LogP contribution in [0.3, 0.4) is 0 Å². The lowest BCUT2D eigenvalue weighted by Crippen LogP contribution is -2.13. The second-order valence-corrected chi connectivity index (χ2v) is 4.19. The molecule has 4 nitrogen and oxygen atoms in total. The van der Waals surface area contributed by atoms with Crippen molar-refractivity contribution in [2.75, 3.05) is 7.05 Å². The van der Waals surface area contributed by atoms with Gasteiger partial charge in [-0.2, -0.15) is 0 Å². The van der Waals surface area contributed by atoms with Gasteiger partial charge >= 0.3 is 5.97 Å². The summed E-state index contributed by atoms with van der Waals surface area (Å²) < 4.78 is 11.4. The van der Waals surface area contributed by atoms with Crippen molar-refractivity contribution in [3.05, 3.63) is 36.6 Å². The number of rotatable bonds is 4. The summed E-state index contributed by atoms with van der Waals surface area (Å²) in [4.78, 5) is 11.3. The average Bonchev–Trinajstić information content (AvgIpc) is 2.69. The zero-order valence-corrected chi connectivity index (χ0v) is 10.4. The molecular formula is C8H8INO3S. The Kier molecular flexibility index (Phi) is 4.33. The number of hydrogen-bond donors (Lipinski definition) is 0. The lowest BCUT2D eigenvalue weighted by Gasteiger charge is -2.14. The summed E-state index contributed by atoms with van der Waals surface area (Å²) in [5, 5.41) is 0. The van der Waals surface area contributed by atoms with Gasteiger partial charge in [-0.3, -0.25) is 4.31 Å². The maximum Gasteiger partial charge on any atom is 0.380 e. The molecule has 0 aliphatic carbocycles. The second kappa shape index (κ2) is 5.30. The van der Waals surface area contributed by atoms with E-state index in [0.717, 1.165) is 0 Å². The van der Waals surface area contributed by atoms with E-state index in [-0.39, 0.29) is 11.6 Å². The van der Waals surface area contributed by atoms with Crippen LogP contribution in [0.2, 0.25) is 0 Å². The summed E-state index contributed by atoms with van der Waals surface area (Å²) in [6, 6.07) is 3.16. The van der Waals surface area contributed by atoms with E-state index in [1.165, 1.54) is 21.4 Å². The highest BCUT2D eigenvalue weighted by Gasteiger charge is 2.13. The maximum atomic E-state index is 11.3. The van der Waals surface area contributed by atoms with Gasteiger partial charge in [0.15, 0.2) is 0 Å². The van der Waals surface area contributed by atoms with Crippen molar-refractivity contribution in [2.45, 2.75) is 0 Å². The molecule has 0 atom stereocenters. The Bertz CT molecular complexity index is 325. The summed E-state index contributed by atoms with van der Waals surface area (Å²) in [6.07, 6.45) is 1.41. The fourth-order valence-corrected chi connectivity index (χ4v) is 1.43. The number of carbonyl (C=O) groups excluding carboxylic acids is 1. The minimum Gasteiger partial charge on any atom is -0.457 e. The lowest BCUT2D eigenvalue weighted by molar-refractivity contribution is 0.0541. The van der Waals surface area contributed by atoms with Crippen LogP contribution < -0.4 is 0 Å². The van der Waals surface area contributed by atoms with E-state index >= 15 is 0 Å². The first kappa shape index (κ1) is 11.4. The first-order chi connectivity index (χ1) is 6.65. The van der Waals surface area contributed by atoms with E-state index in [2.05, 4.69) is 27.8 Å². The largest absolute Gasteiger partial charge is 0.457 e. The molecule has 0 aliphatic heterocycles. The molecule has 76 valence electrons. The Morgan fingerprint density at radius 2 is 2.50 bits per heavy atom. The summed E-state index contributed by atoms with van der Waals surface area (Å²) in [5.41, 5.74) is 0. The quantitative estimate of drug-likeness (QED) is 0.369. The van der Waals surface area contributed by atoms with Crippen molar-refractivity contribution in [1.29, 1.82) is 0 Å². The molecule has 6 heteroatoms. The van der Waals surface area contributed by atoms with Gasteiger partial charge in [-0.1, -0.05) is 0 Å². The normalized spacial score (nSPS) is 9.57. The van der Waals surface area contributed by atoms with E-state index in [9.17, 15) is 4.79 Å². The SMILES string of the molecule is C=C(OC(=O)c1ccco1)N(C)SI. The lowest BCUT2D eigenvalue weighted by atomic mass is 10.5. The highest BCUT2D eigenvalue weighted by atomic mass is 127. The van der Waals surface area contributed by atoms with Crippen LogP contribution in [0.15, 0.2) is 35.3 Å². The van der Waals surface area contributed by atoms with E-state index in [0.29, 0.717) is 0 Å². The van der Waals surface area contributed by atoms with E-state index in [4.69, 9.17) is 9.15 Å². The van der Waals surface area contributed by atoms with Gasteiger partial charge in [-0.15, -0.1) is 0 Å². The van der Waals surface area contributed by atoms with E-state index in [1.807, 2.05) is 0 Å². The minimum atomic E-state index is -0.544. The second-order valence-electron chi connectivity index (χ2n) is 2.33. The van der Waals surface area contributed by atoms with Crippen molar-refractivity contribution >= 4 is 36.3 Å². The summed E-state index contributed by atoms with van der Waals surface area (Å²) in [7, 11) is 3.11. The predicted octanol–water partition coefficient (Wildman–Crippen LogP) is 2.84. The van der Waals surface area contributed by atoms with E-state index < -0.39 is 5.97 Å². The third-order valence-corrected chi connectivity index (χ3v) is 3.57. The number of nitrogens with zero attached hydrogens (tertiary/aromatic N) is 1. The van der Waals surface area contributed by atoms with E-state index in [1.54, 1.807) is 17.4 Å². The third kappa shape index (κ3) is 2.95. The van der Waals surface area contributed by atoms with Crippen LogP contribution in [0.5, 0.6) is 0 Å². The maximum absolute atomic E-state index is 11.3. The van der Waals surface area contributed by atoms with Crippen molar-refractivity contribution in [3.8, 4) is 0 Å². The van der Waals surface area contributed by atoms with Crippen LogP contribution in [0.25, 0.3) is 0 Å². The molecule has 0 fully saturated rings.